The molecule has 0 aliphatic carbocycles. The Hall–Kier alpha value is -2.48. The Labute approximate surface area is 186 Å². The van der Waals surface area contributed by atoms with E-state index in [-0.39, 0.29) is 11.9 Å². The molecule has 0 radical (unpaired) electrons. The van der Waals surface area contributed by atoms with Gasteiger partial charge in [0.1, 0.15) is 18.1 Å². The van der Waals surface area contributed by atoms with Gasteiger partial charge in [0.05, 0.1) is 13.7 Å². The van der Waals surface area contributed by atoms with Crippen LogP contribution < -0.4 is 4.74 Å². The van der Waals surface area contributed by atoms with Gasteiger partial charge >= 0.3 is 11.8 Å². The number of aromatic nitrogens is 2. The van der Waals surface area contributed by atoms with Gasteiger partial charge < -0.3 is 19.6 Å². The molecule has 1 aliphatic heterocycles. The number of thiol groups is 1. The van der Waals surface area contributed by atoms with E-state index in [9.17, 15) is 10.1 Å². The van der Waals surface area contributed by atoms with Gasteiger partial charge in [-0.2, -0.15) is 12.6 Å². The van der Waals surface area contributed by atoms with Crippen LogP contribution in [-0.2, 0) is 11.3 Å². The van der Waals surface area contributed by atoms with Crippen LogP contribution in [0.4, 0.5) is 5.82 Å². The molecular weight excluding hydrogens is 402 g/mol. The Morgan fingerprint density at radius 2 is 2.10 bits per heavy atom. The van der Waals surface area contributed by atoms with Crippen molar-refractivity contribution in [1.82, 2.24) is 9.55 Å². The number of hydrogen-bond acceptors (Lipinski definition) is 6. The van der Waals surface area contributed by atoms with Gasteiger partial charge in [0.15, 0.2) is 0 Å². The lowest BCUT2D eigenvalue weighted by atomic mass is 10.1. The van der Waals surface area contributed by atoms with Gasteiger partial charge in [-0.15, -0.1) is 13.2 Å². The molecule has 1 aromatic heterocycles. The maximum Gasteiger partial charge on any atom is 0.414 e. The van der Waals surface area contributed by atoms with Gasteiger partial charge in [0.2, 0.25) is 0 Å². The second-order valence-corrected chi connectivity index (χ2v) is 7.59. The summed E-state index contributed by atoms with van der Waals surface area (Å²) >= 11 is 4.24. The van der Waals surface area contributed by atoms with Crippen LogP contribution in [-0.4, -0.2) is 32.9 Å². The Morgan fingerprint density at radius 1 is 1.50 bits per heavy atom. The van der Waals surface area contributed by atoms with Crippen molar-refractivity contribution in [3.8, 4) is 6.01 Å². The third-order valence-corrected chi connectivity index (χ3v) is 3.55. The predicted molar refractivity (Wildman–Crippen MR) is 128 cm³/mol. The lowest BCUT2D eigenvalue weighted by Crippen LogP contribution is -2.08. The molecule has 2 heterocycles. The highest BCUT2D eigenvalue weighted by molar-refractivity contribution is 7.80. The second-order valence-electron chi connectivity index (χ2n) is 6.71. The maximum absolute atomic E-state index is 10.3. The van der Waals surface area contributed by atoms with Gasteiger partial charge in [-0.3, -0.25) is 4.57 Å². The molecular formula is C22H37N3O4S. The van der Waals surface area contributed by atoms with Crippen LogP contribution in [0.3, 0.4) is 0 Å². The van der Waals surface area contributed by atoms with E-state index in [0.717, 1.165) is 11.7 Å². The molecule has 170 valence electrons. The standard InChI is InChI=1S/C8H12O.C6H7N3O3.C6H14S.C2H4/c1-4-6-8(9-3)7-5-2;1-4-2-8-3-5(9(10)11)7-6(8)12-4;1-5(2)4-6(3)7;1-2/h4-7H,1H2,2-3H3;3-4H,2H2,1H3;5-7H,4H2,1-3H3;1-2H2/b7-5-,8-6+;;;/t;;6-;/m..0./s1. The summed E-state index contributed by atoms with van der Waals surface area (Å²) in [6.45, 7) is 20.6. The monoisotopic (exact) mass is 439 g/mol. The number of ether oxygens (including phenoxy) is 2. The van der Waals surface area contributed by atoms with E-state index >= 15 is 0 Å². The number of methoxy groups -OCH3 is 1. The maximum atomic E-state index is 10.3. The van der Waals surface area contributed by atoms with Gasteiger partial charge in [-0.25, -0.2) is 0 Å². The highest BCUT2D eigenvalue weighted by Gasteiger charge is 2.28. The first kappa shape index (κ1) is 29.7. The smallest absolute Gasteiger partial charge is 0.414 e. The van der Waals surface area contributed by atoms with E-state index < -0.39 is 4.92 Å². The third-order valence-electron chi connectivity index (χ3n) is 3.34. The van der Waals surface area contributed by atoms with Crippen molar-refractivity contribution in [2.45, 2.75) is 58.9 Å². The Morgan fingerprint density at radius 3 is 2.43 bits per heavy atom. The van der Waals surface area contributed by atoms with Crippen LogP contribution in [0.1, 0.15) is 41.0 Å². The molecule has 7 nitrogen and oxygen atoms in total. The minimum absolute atomic E-state index is 0.0632. The van der Waals surface area contributed by atoms with Crippen molar-refractivity contribution in [1.29, 1.82) is 0 Å². The SMILES string of the molecule is C=C.C=C/C=C(\C=C/C)OC.CC(C)C[C@H](C)S.CC1Cn2cc([N+](=O)[O-])nc2O1. The van der Waals surface area contributed by atoms with E-state index in [0.29, 0.717) is 17.8 Å². The highest BCUT2D eigenvalue weighted by Crippen LogP contribution is 2.24. The van der Waals surface area contributed by atoms with Gasteiger partial charge in [0.25, 0.3) is 0 Å². The molecule has 0 amide bonds. The van der Waals surface area contributed by atoms with Crippen molar-refractivity contribution >= 4 is 18.4 Å². The molecule has 1 aliphatic rings. The first-order chi connectivity index (χ1) is 14.1. The number of allylic oxidation sites excluding steroid dienone is 4. The Bertz CT molecular complexity index is 652. The van der Waals surface area contributed by atoms with Crippen LogP contribution in [0.15, 0.2) is 56.0 Å². The molecule has 1 aromatic rings. The summed E-state index contributed by atoms with van der Waals surface area (Å²) in [5.74, 6) is 1.47. The predicted octanol–water partition coefficient (Wildman–Crippen LogP) is 6.00. The molecule has 1 unspecified atom stereocenters. The molecule has 30 heavy (non-hydrogen) atoms. The van der Waals surface area contributed by atoms with Crippen LogP contribution >= 0.6 is 12.6 Å². The zero-order valence-corrected chi connectivity index (χ0v) is 20.0. The fraction of sp³-hybridized carbons (Fsp3) is 0.500. The zero-order valence-electron chi connectivity index (χ0n) is 19.1. The summed E-state index contributed by atoms with van der Waals surface area (Å²) in [5, 5.41) is 10.8. The number of hydrogen-bond donors (Lipinski definition) is 1. The lowest BCUT2D eigenvalue weighted by Gasteiger charge is -2.04. The van der Waals surface area contributed by atoms with Gasteiger partial charge in [-0.05, 0) is 48.5 Å². The number of nitro groups is 1. The third kappa shape index (κ3) is 13.7. The minimum Gasteiger partial charge on any atom is -0.497 e. The van der Waals surface area contributed by atoms with Crippen LogP contribution in [0.25, 0.3) is 0 Å². The number of imidazole rings is 1. The first-order valence-electron chi connectivity index (χ1n) is 9.70. The number of rotatable bonds is 6. The van der Waals surface area contributed by atoms with Crippen molar-refractivity contribution < 1.29 is 14.4 Å². The normalized spacial score (nSPS) is 15.3. The minimum atomic E-state index is -0.528. The molecule has 8 heteroatoms. The molecule has 2 rings (SSSR count). The topological polar surface area (TPSA) is 79.4 Å². The van der Waals surface area contributed by atoms with E-state index in [1.165, 1.54) is 12.6 Å². The van der Waals surface area contributed by atoms with E-state index in [4.69, 9.17) is 9.47 Å². The number of fused-ring (bicyclic) bond motifs is 1. The first-order valence-corrected chi connectivity index (χ1v) is 10.2. The van der Waals surface area contributed by atoms with Crippen molar-refractivity contribution in [3.63, 3.8) is 0 Å². The quantitative estimate of drug-likeness (QED) is 0.147. The Kier molecular flexibility index (Phi) is 17.2. The van der Waals surface area contributed by atoms with Gasteiger partial charge in [-0.1, -0.05) is 39.5 Å². The van der Waals surface area contributed by atoms with Gasteiger partial charge in [0, 0.05) is 4.98 Å². The lowest BCUT2D eigenvalue weighted by molar-refractivity contribution is -0.389. The summed E-state index contributed by atoms with van der Waals surface area (Å²) in [4.78, 5) is 13.4. The molecule has 0 aromatic carbocycles. The highest BCUT2D eigenvalue weighted by atomic mass is 32.1. The molecule has 0 N–H and O–H groups in total. The fourth-order valence-corrected chi connectivity index (χ4v) is 2.77. The van der Waals surface area contributed by atoms with Crippen LogP contribution in [0.5, 0.6) is 6.01 Å². The second kappa shape index (κ2) is 17.4. The molecule has 0 saturated carbocycles. The average Bonchev–Trinajstić information content (AvgIpc) is 3.21. The Balaban J connectivity index is 0. The fourth-order valence-electron chi connectivity index (χ4n) is 2.35. The van der Waals surface area contributed by atoms with Crippen LogP contribution in [0, 0.1) is 16.0 Å². The van der Waals surface area contributed by atoms with Crippen molar-refractivity contribution in [2.24, 2.45) is 5.92 Å². The van der Waals surface area contributed by atoms with E-state index in [1.807, 2.05) is 26.0 Å². The van der Waals surface area contributed by atoms with Crippen LogP contribution in [0.2, 0.25) is 0 Å². The largest absolute Gasteiger partial charge is 0.497 e. The molecule has 0 saturated heterocycles. The summed E-state index contributed by atoms with van der Waals surface area (Å²) in [6, 6.07) is 0.342. The van der Waals surface area contributed by atoms with Crippen molar-refractivity contribution in [3.05, 3.63) is 66.1 Å². The summed E-state index contributed by atoms with van der Waals surface area (Å²) in [5.41, 5.74) is 0. The van der Waals surface area contributed by atoms with E-state index in [1.54, 1.807) is 23.8 Å². The summed E-state index contributed by atoms with van der Waals surface area (Å²) in [7, 11) is 1.63. The average molecular weight is 440 g/mol. The molecule has 0 bridgehead atoms. The summed E-state index contributed by atoms with van der Waals surface area (Å²) < 4.78 is 11.8. The van der Waals surface area contributed by atoms with Crippen molar-refractivity contribution in [2.75, 3.05) is 7.11 Å². The number of nitrogens with zero attached hydrogens (tertiary/aromatic N) is 3. The molecule has 0 spiro atoms. The zero-order chi connectivity index (χ0) is 23.7. The molecule has 2 atom stereocenters. The summed E-state index contributed by atoms with van der Waals surface area (Å²) in [6.07, 6.45) is 9.97. The molecule has 0 fully saturated rings. The van der Waals surface area contributed by atoms with E-state index in [2.05, 4.69) is 58.1 Å².